The molecule has 1 aliphatic heterocycles. The monoisotopic (exact) mass is 572 g/mol. The van der Waals surface area contributed by atoms with E-state index < -0.39 is 17.7 Å². The Morgan fingerprint density at radius 3 is 2.46 bits per heavy atom. The van der Waals surface area contributed by atoms with Gasteiger partial charge in [-0.2, -0.15) is 0 Å². The minimum absolute atomic E-state index is 0.0193. The zero-order valence-corrected chi connectivity index (χ0v) is 24.1. The summed E-state index contributed by atoms with van der Waals surface area (Å²) >= 11 is 1.29. The summed E-state index contributed by atoms with van der Waals surface area (Å²) in [4.78, 5) is 33.2. The lowest BCUT2D eigenvalue weighted by atomic mass is 9.95. The Hall–Kier alpha value is -4.37. The quantitative estimate of drug-likeness (QED) is 0.0904. The van der Waals surface area contributed by atoms with Gasteiger partial charge in [-0.15, -0.1) is 0 Å². The number of ketones is 1. The lowest BCUT2D eigenvalue weighted by Crippen LogP contribution is -2.29. The highest BCUT2D eigenvalue weighted by atomic mass is 32.1. The summed E-state index contributed by atoms with van der Waals surface area (Å²) < 4.78 is 17.6. The second-order valence-electron chi connectivity index (χ2n) is 9.58. The van der Waals surface area contributed by atoms with Crippen molar-refractivity contribution in [3.63, 3.8) is 0 Å². The Morgan fingerprint density at radius 2 is 1.73 bits per heavy atom. The third-order valence-corrected chi connectivity index (χ3v) is 7.88. The van der Waals surface area contributed by atoms with Gasteiger partial charge in [0, 0.05) is 5.56 Å². The van der Waals surface area contributed by atoms with E-state index in [1.165, 1.54) is 23.3 Å². The minimum Gasteiger partial charge on any atom is -0.507 e. The molecule has 8 nitrogen and oxygen atoms in total. The third kappa shape index (κ3) is 5.76. The second-order valence-corrected chi connectivity index (χ2v) is 10.6. The number of fused-ring (bicyclic) bond motifs is 1. The number of amides is 1. The molecule has 1 aliphatic rings. The van der Waals surface area contributed by atoms with Gasteiger partial charge >= 0.3 is 5.91 Å². The summed E-state index contributed by atoms with van der Waals surface area (Å²) in [5.41, 5.74) is 1.67. The molecule has 1 atom stereocenters. The van der Waals surface area contributed by atoms with E-state index in [0.29, 0.717) is 52.2 Å². The van der Waals surface area contributed by atoms with Gasteiger partial charge in [-0.3, -0.25) is 14.5 Å². The van der Waals surface area contributed by atoms with Crippen LogP contribution in [0.25, 0.3) is 16.0 Å². The van der Waals surface area contributed by atoms with Gasteiger partial charge in [-0.05, 0) is 61.4 Å². The molecule has 0 saturated carbocycles. The Morgan fingerprint density at radius 1 is 0.951 bits per heavy atom. The van der Waals surface area contributed by atoms with Crippen molar-refractivity contribution < 1.29 is 28.9 Å². The molecule has 1 unspecified atom stereocenters. The van der Waals surface area contributed by atoms with Gasteiger partial charge in [0.15, 0.2) is 5.13 Å². The number of hydrogen-bond acceptors (Lipinski definition) is 8. The maximum Gasteiger partial charge on any atom is 0.301 e. The van der Waals surface area contributed by atoms with Crippen LogP contribution in [0.3, 0.4) is 0 Å². The van der Waals surface area contributed by atoms with Crippen molar-refractivity contribution in [3.8, 4) is 17.2 Å². The van der Waals surface area contributed by atoms with Crippen molar-refractivity contribution >= 4 is 44.1 Å². The Labute approximate surface area is 242 Å². The summed E-state index contributed by atoms with van der Waals surface area (Å²) in [5, 5.41) is 11.8. The number of carbonyl (C=O) groups excluding carboxylic acids is 2. The van der Waals surface area contributed by atoms with Crippen LogP contribution in [0.5, 0.6) is 17.2 Å². The van der Waals surface area contributed by atoms with Crippen molar-refractivity contribution in [2.45, 2.75) is 39.2 Å². The number of carbonyl (C=O) groups is 2. The van der Waals surface area contributed by atoms with Crippen LogP contribution in [0.4, 0.5) is 5.13 Å². The molecule has 1 saturated heterocycles. The molecule has 0 radical (unpaired) electrons. The summed E-state index contributed by atoms with van der Waals surface area (Å²) in [6.45, 7) is 5.18. The first-order chi connectivity index (χ1) is 19.9. The van der Waals surface area contributed by atoms with Gasteiger partial charge in [0.2, 0.25) is 0 Å². The van der Waals surface area contributed by atoms with Gasteiger partial charge in [0.05, 0.1) is 42.2 Å². The number of hydrogen-bond donors (Lipinski definition) is 1. The number of Topliss-reactive ketones (excluding diaryl/α,β-unsaturated/α-hetero) is 1. The molecule has 0 aliphatic carbocycles. The minimum atomic E-state index is -0.901. The number of anilines is 1. The van der Waals surface area contributed by atoms with E-state index in [1.807, 2.05) is 49.4 Å². The first kappa shape index (κ1) is 28.2. The van der Waals surface area contributed by atoms with Gasteiger partial charge < -0.3 is 19.3 Å². The molecule has 1 amide bonds. The molecule has 3 aromatic carbocycles. The van der Waals surface area contributed by atoms with E-state index in [-0.39, 0.29) is 11.3 Å². The molecule has 2 heterocycles. The van der Waals surface area contributed by atoms with Crippen molar-refractivity contribution in [2.75, 3.05) is 25.2 Å². The second kappa shape index (κ2) is 12.4. The number of aliphatic hydroxyl groups excluding tert-OH is 1. The van der Waals surface area contributed by atoms with Crippen LogP contribution >= 0.6 is 11.3 Å². The largest absolute Gasteiger partial charge is 0.507 e. The first-order valence-electron chi connectivity index (χ1n) is 13.7. The number of aromatic nitrogens is 1. The van der Waals surface area contributed by atoms with Crippen molar-refractivity contribution in [1.29, 1.82) is 0 Å². The molecule has 212 valence electrons. The fourth-order valence-electron chi connectivity index (χ4n) is 4.81. The SMILES string of the molecule is CCCCCOc1ccc(C2/C(=C(\O)c3cccc(OC)c3)C(=O)C(=O)N2c2nc3ccc(OCC)cc3s2)cc1. The van der Waals surface area contributed by atoms with Crippen LogP contribution in [-0.2, 0) is 9.59 Å². The predicted molar refractivity (Wildman–Crippen MR) is 160 cm³/mol. The molecule has 0 bridgehead atoms. The predicted octanol–water partition coefficient (Wildman–Crippen LogP) is 6.90. The molecule has 1 aromatic heterocycles. The van der Waals surface area contributed by atoms with Crippen molar-refractivity contribution in [1.82, 2.24) is 4.98 Å². The molecule has 1 N–H and O–H groups in total. The van der Waals surface area contributed by atoms with Crippen LogP contribution in [0.1, 0.15) is 50.3 Å². The normalized spacial score (nSPS) is 16.4. The number of benzene rings is 3. The van der Waals surface area contributed by atoms with E-state index in [1.54, 1.807) is 24.3 Å². The van der Waals surface area contributed by atoms with Gasteiger partial charge in [-0.1, -0.05) is 55.4 Å². The van der Waals surface area contributed by atoms with E-state index in [0.717, 1.165) is 24.0 Å². The van der Waals surface area contributed by atoms with Crippen LogP contribution in [0.2, 0.25) is 0 Å². The van der Waals surface area contributed by atoms with Gasteiger partial charge in [0.1, 0.15) is 23.0 Å². The summed E-state index contributed by atoms with van der Waals surface area (Å²) in [6, 6.07) is 18.6. The summed E-state index contributed by atoms with van der Waals surface area (Å²) in [5.74, 6) is 0.0716. The van der Waals surface area contributed by atoms with Crippen LogP contribution < -0.4 is 19.1 Å². The topological polar surface area (TPSA) is 98.2 Å². The molecular formula is C32H32N2O6S. The smallest absolute Gasteiger partial charge is 0.301 e. The standard InChI is InChI=1S/C32H32N2O6S/c1-4-6-7-17-40-22-13-11-20(12-14-22)28-27(29(35)21-9-8-10-23(18-21)38-3)30(36)31(37)34(28)32-33-25-16-15-24(39-5-2)19-26(25)41-32/h8-16,18-19,28,35H,4-7,17H2,1-3H3/b29-27+. The fourth-order valence-corrected chi connectivity index (χ4v) is 5.83. The average Bonchev–Trinajstić information content (AvgIpc) is 3.53. The van der Waals surface area contributed by atoms with Crippen molar-refractivity contribution in [2.24, 2.45) is 0 Å². The number of aliphatic hydroxyl groups is 1. The van der Waals surface area contributed by atoms with Crippen molar-refractivity contribution in [3.05, 3.63) is 83.4 Å². The number of nitrogens with zero attached hydrogens (tertiary/aromatic N) is 2. The third-order valence-electron chi connectivity index (χ3n) is 6.87. The molecule has 1 fully saturated rings. The van der Waals surface area contributed by atoms with E-state index in [2.05, 4.69) is 6.92 Å². The zero-order chi connectivity index (χ0) is 28.9. The Bertz CT molecular complexity index is 1590. The maximum atomic E-state index is 13.6. The molecule has 9 heteroatoms. The highest BCUT2D eigenvalue weighted by Crippen LogP contribution is 2.45. The molecule has 5 rings (SSSR count). The number of unbranched alkanes of at least 4 members (excludes halogenated alkanes) is 2. The molecule has 4 aromatic rings. The van der Waals surface area contributed by atoms with Crippen LogP contribution in [0.15, 0.2) is 72.3 Å². The first-order valence-corrected chi connectivity index (χ1v) is 14.5. The van der Waals surface area contributed by atoms with E-state index in [4.69, 9.17) is 19.2 Å². The lowest BCUT2D eigenvalue weighted by molar-refractivity contribution is -0.132. The fraction of sp³-hybridized carbons (Fsp3) is 0.281. The zero-order valence-electron chi connectivity index (χ0n) is 23.3. The Balaban J connectivity index is 1.60. The molecule has 0 spiro atoms. The lowest BCUT2D eigenvalue weighted by Gasteiger charge is -2.23. The number of rotatable bonds is 11. The number of methoxy groups -OCH3 is 1. The summed E-state index contributed by atoms with van der Waals surface area (Å²) in [7, 11) is 1.52. The number of ether oxygens (including phenoxy) is 3. The highest BCUT2D eigenvalue weighted by Gasteiger charge is 2.48. The maximum absolute atomic E-state index is 13.6. The Kier molecular flexibility index (Phi) is 8.54. The highest BCUT2D eigenvalue weighted by molar-refractivity contribution is 7.22. The average molecular weight is 573 g/mol. The number of thiazole rings is 1. The molecular weight excluding hydrogens is 540 g/mol. The van der Waals surface area contributed by atoms with Gasteiger partial charge in [-0.25, -0.2) is 4.98 Å². The van der Waals surface area contributed by atoms with E-state index in [9.17, 15) is 14.7 Å². The summed E-state index contributed by atoms with van der Waals surface area (Å²) in [6.07, 6.45) is 3.15. The molecule has 41 heavy (non-hydrogen) atoms. The van der Waals surface area contributed by atoms with E-state index >= 15 is 0 Å². The van der Waals surface area contributed by atoms with Crippen LogP contribution in [-0.4, -0.2) is 42.1 Å². The van der Waals surface area contributed by atoms with Crippen LogP contribution in [0, 0.1) is 0 Å². The van der Waals surface area contributed by atoms with Gasteiger partial charge in [0.25, 0.3) is 5.78 Å².